The second-order valence-corrected chi connectivity index (χ2v) is 6.56. The van der Waals surface area contributed by atoms with Gasteiger partial charge in [0.25, 0.3) is 0 Å². The van der Waals surface area contributed by atoms with Crippen LogP contribution in [0.1, 0.15) is 58.8 Å². The van der Waals surface area contributed by atoms with E-state index in [2.05, 4.69) is 41.4 Å². The molecule has 0 bridgehead atoms. The molecule has 0 spiro atoms. The van der Waals surface area contributed by atoms with Crippen LogP contribution in [0, 0.1) is 0 Å². The third-order valence-electron chi connectivity index (χ3n) is 4.61. The summed E-state index contributed by atoms with van der Waals surface area (Å²) < 4.78 is 12.9. The molecule has 0 saturated carbocycles. The number of rotatable bonds is 8. The zero-order valence-corrected chi connectivity index (χ0v) is 14.2. The van der Waals surface area contributed by atoms with E-state index in [0.717, 1.165) is 19.3 Å². The summed E-state index contributed by atoms with van der Waals surface area (Å²) in [6.07, 6.45) is 7.05. The van der Waals surface area contributed by atoms with Crippen LogP contribution < -0.4 is 10.2 Å². The number of anilines is 2. The zero-order chi connectivity index (χ0) is 15.8. The van der Waals surface area contributed by atoms with Crippen molar-refractivity contribution in [3.63, 3.8) is 0 Å². The van der Waals surface area contributed by atoms with Gasteiger partial charge in [-0.15, -0.1) is 0 Å². The predicted octanol–water partition coefficient (Wildman–Crippen LogP) is 5.40. The fourth-order valence-electron chi connectivity index (χ4n) is 3.18. The van der Waals surface area contributed by atoms with Crippen LogP contribution in [0.15, 0.2) is 24.3 Å². The molecule has 0 aliphatic carbocycles. The molecule has 1 saturated heterocycles. The normalized spacial score (nSPS) is 18.0. The summed E-state index contributed by atoms with van der Waals surface area (Å²) >= 11 is 0. The monoisotopic (exact) mass is 306 g/mol. The van der Waals surface area contributed by atoms with Crippen LogP contribution in [0.3, 0.4) is 0 Å². The lowest BCUT2D eigenvalue weighted by Gasteiger charge is -2.29. The van der Waals surface area contributed by atoms with Crippen molar-refractivity contribution in [3.8, 4) is 0 Å². The number of hydrogen-bond acceptors (Lipinski definition) is 2. The SMILES string of the molecule is CCC(CCCC(C)F)Nc1ccc(N2CCCCC2)cc1. The van der Waals surface area contributed by atoms with Gasteiger partial charge in [0.15, 0.2) is 0 Å². The first-order chi connectivity index (χ1) is 10.7. The molecule has 0 aromatic heterocycles. The third-order valence-corrected chi connectivity index (χ3v) is 4.61. The van der Waals surface area contributed by atoms with Crippen molar-refractivity contribution in [3.05, 3.63) is 24.3 Å². The van der Waals surface area contributed by atoms with Gasteiger partial charge >= 0.3 is 0 Å². The maximum Gasteiger partial charge on any atom is 0.0973 e. The van der Waals surface area contributed by atoms with Crippen LogP contribution in [0.4, 0.5) is 15.8 Å². The van der Waals surface area contributed by atoms with Crippen LogP contribution in [0.2, 0.25) is 0 Å². The maximum atomic E-state index is 12.9. The smallest absolute Gasteiger partial charge is 0.0973 e. The fraction of sp³-hybridized carbons (Fsp3) is 0.684. The maximum absolute atomic E-state index is 12.9. The summed E-state index contributed by atoms with van der Waals surface area (Å²) in [5.41, 5.74) is 2.52. The number of benzene rings is 1. The fourth-order valence-corrected chi connectivity index (χ4v) is 3.18. The molecular weight excluding hydrogens is 275 g/mol. The summed E-state index contributed by atoms with van der Waals surface area (Å²) in [7, 11) is 0. The van der Waals surface area contributed by atoms with Crippen LogP contribution in [-0.4, -0.2) is 25.3 Å². The van der Waals surface area contributed by atoms with Gasteiger partial charge in [0.05, 0.1) is 6.17 Å². The Kier molecular flexibility index (Phi) is 7.01. The number of piperidine rings is 1. The van der Waals surface area contributed by atoms with Gasteiger partial charge in [-0.2, -0.15) is 0 Å². The minimum absolute atomic E-state index is 0.444. The molecule has 1 aromatic carbocycles. The molecule has 1 fully saturated rings. The van der Waals surface area contributed by atoms with Gasteiger partial charge < -0.3 is 10.2 Å². The lowest BCUT2D eigenvalue weighted by atomic mass is 10.1. The first kappa shape index (κ1) is 17.1. The largest absolute Gasteiger partial charge is 0.382 e. The number of halogens is 1. The standard InChI is InChI=1S/C19H31FN2/c1-3-17(9-7-8-16(2)20)21-18-10-12-19(13-11-18)22-14-5-4-6-15-22/h10-13,16-17,21H,3-9,14-15H2,1-2H3. The molecule has 1 aliphatic heterocycles. The second kappa shape index (κ2) is 9.02. The summed E-state index contributed by atoms with van der Waals surface area (Å²) in [6.45, 7) is 6.21. The summed E-state index contributed by atoms with van der Waals surface area (Å²) in [5.74, 6) is 0. The van der Waals surface area contributed by atoms with Crippen molar-refractivity contribution < 1.29 is 4.39 Å². The Hall–Kier alpha value is -1.25. The Morgan fingerprint density at radius 2 is 1.77 bits per heavy atom. The van der Waals surface area contributed by atoms with Crippen LogP contribution in [0.5, 0.6) is 0 Å². The van der Waals surface area contributed by atoms with Gasteiger partial charge in [0, 0.05) is 30.5 Å². The Balaban J connectivity index is 1.83. The quantitative estimate of drug-likeness (QED) is 0.692. The van der Waals surface area contributed by atoms with Crippen LogP contribution in [-0.2, 0) is 0 Å². The minimum atomic E-state index is -0.679. The van der Waals surface area contributed by atoms with Crippen molar-refractivity contribution in [1.29, 1.82) is 0 Å². The Labute approximate surface area is 135 Å². The van der Waals surface area contributed by atoms with Crippen molar-refractivity contribution in [2.45, 2.75) is 71.0 Å². The van der Waals surface area contributed by atoms with Crippen LogP contribution in [0.25, 0.3) is 0 Å². The lowest BCUT2D eigenvalue weighted by Crippen LogP contribution is -2.29. The van der Waals surface area contributed by atoms with E-state index in [0.29, 0.717) is 12.5 Å². The van der Waals surface area contributed by atoms with E-state index in [9.17, 15) is 4.39 Å². The van der Waals surface area contributed by atoms with E-state index in [1.807, 2.05) is 0 Å². The van der Waals surface area contributed by atoms with Crippen molar-refractivity contribution in [2.75, 3.05) is 23.3 Å². The van der Waals surface area contributed by atoms with Crippen LogP contribution >= 0.6 is 0 Å². The van der Waals surface area contributed by atoms with Gasteiger partial charge in [-0.3, -0.25) is 0 Å². The molecule has 1 N–H and O–H groups in total. The van der Waals surface area contributed by atoms with E-state index in [4.69, 9.17) is 0 Å². The molecule has 3 heteroatoms. The summed E-state index contributed by atoms with van der Waals surface area (Å²) in [4.78, 5) is 2.48. The Bertz CT molecular complexity index is 410. The van der Waals surface area contributed by atoms with Crippen molar-refractivity contribution >= 4 is 11.4 Å². The molecule has 124 valence electrons. The molecule has 1 heterocycles. The van der Waals surface area contributed by atoms with E-state index in [1.54, 1.807) is 6.92 Å². The topological polar surface area (TPSA) is 15.3 Å². The highest BCUT2D eigenvalue weighted by molar-refractivity contribution is 5.55. The number of nitrogens with zero attached hydrogens (tertiary/aromatic N) is 1. The molecule has 2 nitrogen and oxygen atoms in total. The first-order valence-corrected chi connectivity index (χ1v) is 8.94. The van der Waals surface area contributed by atoms with E-state index >= 15 is 0 Å². The highest BCUT2D eigenvalue weighted by Crippen LogP contribution is 2.23. The Morgan fingerprint density at radius 3 is 2.36 bits per heavy atom. The van der Waals surface area contributed by atoms with E-state index in [-0.39, 0.29) is 0 Å². The molecule has 2 atom stereocenters. The highest BCUT2D eigenvalue weighted by atomic mass is 19.1. The number of alkyl halides is 1. The van der Waals surface area contributed by atoms with E-state index < -0.39 is 6.17 Å². The average Bonchev–Trinajstić information content (AvgIpc) is 2.55. The summed E-state index contributed by atoms with van der Waals surface area (Å²) in [6, 6.07) is 9.27. The number of hydrogen-bond donors (Lipinski definition) is 1. The van der Waals surface area contributed by atoms with Gasteiger partial charge in [0.2, 0.25) is 0 Å². The lowest BCUT2D eigenvalue weighted by molar-refractivity contribution is 0.328. The van der Waals surface area contributed by atoms with Gasteiger partial charge in [-0.25, -0.2) is 4.39 Å². The molecule has 22 heavy (non-hydrogen) atoms. The van der Waals surface area contributed by atoms with Crippen molar-refractivity contribution in [2.24, 2.45) is 0 Å². The molecule has 0 radical (unpaired) electrons. The third kappa shape index (κ3) is 5.51. The summed E-state index contributed by atoms with van der Waals surface area (Å²) in [5, 5.41) is 3.59. The molecule has 1 aromatic rings. The molecule has 0 amide bonds. The molecule has 1 aliphatic rings. The molecule has 2 rings (SSSR count). The van der Waals surface area contributed by atoms with Crippen molar-refractivity contribution in [1.82, 2.24) is 0 Å². The number of nitrogens with one attached hydrogen (secondary N) is 1. The average molecular weight is 306 g/mol. The predicted molar refractivity (Wildman–Crippen MR) is 94.6 cm³/mol. The first-order valence-electron chi connectivity index (χ1n) is 8.94. The minimum Gasteiger partial charge on any atom is -0.382 e. The Morgan fingerprint density at radius 1 is 1.09 bits per heavy atom. The van der Waals surface area contributed by atoms with Gasteiger partial charge in [0.1, 0.15) is 0 Å². The van der Waals surface area contributed by atoms with Gasteiger partial charge in [-0.05, 0) is 76.1 Å². The van der Waals surface area contributed by atoms with E-state index in [1.165, 1.54) is 43.7 Å². The molecular formula is C19H31FN2. The van der Waals surface area contributed by atoms with Gasteiger partial charge in [-0.1, -0.05) is 6.92 Å². The molecule has 2 unspecified atom stereocenters. The zero-order valence-electron chi connectivity index (χ0n) is 14.2. The second-order valence-electron chi connectivity index (χ2n) is 6.56. The highest BCUT2D eigenvalue weighted by Gasteiger charge is 2.11.